The lowest BCUT2D eigenvalue weighted by Gasteiger charge is -2.27. The molecule has 0 aromatic carbocycles. The first-order valence-corrected chi connectivity index (χ1v) is 7.09. The summed E-state index contributed by atoms with van der Waals surface area (Å²) in [5, 5.41) is -2.66. The molecule has 0 radical (unpaired) electrons. The van der Waals surface area contributed by atoms with Gasteiger partial charge in [0.15, 0.2) is 0 Å². The molecule has 2 saturated carbocycles. The van der Waals surface area contributed by atoms with Crippen molar-refractivity contribution in [2.45, 2.75) is 37.1 Å². The SMILES string of the molecule is C=CC(F)(CC1CC2CCC1C2)S(=O)(=O)O. The van der Waals surface area contributed by atoms with Crippen LogP contribution in [0.5, 0.6) is 0 Å². The van der Waals surface area contributed by atoms with Gasteiger partial charge in [0.2, 0.25) is 0 Å². The van der Waals surface area contributed by atoms with Gasteiger partial charge in [0.25, 0.3) is 5.00 Å². The monoisotopic (exact) mass is 248 g/mol. The van der Waals surface area contributed by atoms with Crippen molar-refractivity contribution in [3.8, 4) is 0 Å². The van der Waals surface area contributed by atoms with Gasteiger partial charge in [-0.05, 0) is 43.1 Å². The van der Waals surface area contributed by atoms with Gasteiger partial charge in [-0.2, -0.15) is 8.42 Å². The van der Waals surface area contributed by atoms with E-state index in [9.17, 15) is 12.8 Å². The van der Waals surface area contributed by atoms with Crippen LogP contribution in [0.2, 0.25) is 0 Å². The minimum absolute atomic E-state index is 0.0728. The van der Waals surface area contributed by atoms with Gasteiger partial charge >= 0.3 is 10.1 Å². The first-order valence-electron chi connectivity index (χ1n) is 5.65. The molecule has 92 valence electrons. The first-order chi connectivity index (χ1) is 7.36. The number of rotatable bonds is 4. The van der Waals surface area contributed by atoms with Crippen LogP contribution in [0.3, 0.4) is 0 Å². The summed E-state index contributed by atoms with van der Waals surface area (Å²) in [6.07, 6.45) is 4.79. The van der Waals surface area contributed by atoms with Gasteiger partial charge in [0, 0.05) is 6.42 Å². The van der Waals surface area contributed by atoms with Crippen LogP contribution in [0.1, 0.15) is 32.1 Å². The van der Waals surface area contributed by atoms with Crippen LogP contribution in [-0.4, -0.2) is 18.0 Å². The van der Waals surface area contributed by atoms with Gasteiger partial charge in [-0.1, -0.05) is 13.0 Å². The van der Waals surface area contributed by atoms with E-state index in [0.717, 1.165) is 19.3 Å². The Morgan fingerprint density at radius 3 is 2.50 bits per heavy atom. The molecular formula is C11H17FO3S. The van der Waals surface area contributed by atoms with Gasteiger partial charge in [-0.15, -0.1) is 0 Å². The summed E-state index contributed by atoms with van der Waals surface area (Å²) in [5.74, 6) is 1.14. The lowest BCUT2D eigenvalue weighted by Crippen LogP contribution is -2.34. The normalized spacial score (nSPS) is 37.2. The first kappa shape index (κ1) is 12.0. The number of hydrogen-bond acceptors (Lipinski definition) is 2. The summed E-state index contributed by atoms with van der Waals surface area (Å²) >= 11 is 0. The van der Waals surface area contributed by atoms with Crippen molar-refractivity contribution >= 4 is 10.1 Å². The van der Waals surface area contributed by atoms with Gasteiger partial charge in [-0.3, -0.25) is 4.55 Å². The summed E-state index contributed by atoms with van der Waals surface area (Å²) in [4.78, 5) is 0. The maximum Gasteiger partial charge on any atom is 0.304 e. The maximum absolute atomic E-state index is 14.0. The van der Waals surface area contributed by atoms with Crippen LogP contribution >= 0.6 is 0 Å². The number of hydrogen-bond donors (Lipinski definition) is 1. The Labute approximate surface area is 95.5 Å². The maximum atomic E-state index is 14.0. The topological polar surface area (TPSA) is 54.4 Å². The third-order valence-electron chi connectivity index (χ3n) is 4.16. The Morgan fingerprint density at radius 1 is 1.44 bits per heavy atom. The minimum Gasteiger partial charge on any atom is -0.283 e. The zero-order valence-electron chi connectivity index (χ0n) is 9.10. The second-order valence-corrected chi connectivity index (χ2v) is 6.73. The predicted molar refractivity (Wildman–Crippen MR) is 59.1 cm³/mol. The van der Waals surface area contributed by atoms with Crippen LogP contribution in [0.25, 0.3) is 0 Å². The Hall–Kier alpha value is -0.420. The highest BCUT2D eigenvalue weighted by molar-refractivity contribution is 7.87. The summed E-state index contributed by atoms with van der Waals surface area (Å²) < 4.78 is 44.9. The highest BCUT2D eigenvalue weighted by atomic mass is 32.2. The van der Waals surface area contributed by atoms with Crippen molar-refractivity contribution in [2.75, 3.05) is 0 Å². The molecule has 0 heterocycles. The summed E-state index contributed by atoms with van der Waals surface area (Å²) in [6.45, 7) is 3.19. The van der Waals surface area contributed by atoms with Gasteiger partial charge in [-0.25, -0.2) is 4.39 Å². The Morgan fingerprint density at radius 2 is 2.12 bits per heavy atom. The lowest BCUT2D eigenvalue weighted by molar-refractivity contribution is 0.205. The predicted octanol–water partition coefficient (Wildman–Crippen LogP) is 2.55. The Balaban J connectivity index is 2.11. The average molecular weight is 248 g/mol. The van der Waals surface area contributed by atoms with Crippen LogP contribution in [0, 0.1) is 17.8 Å². The van der Waals surface area contributed by atoms with E-state index < -0.39 is 15.1 Å². The van der Waals surface area contributed by atoms with Crippen LogP contribution < -0.4 is 0 Å². The lowest BCUT2D eigenvalue weighted by atomic mass is 9.85. The van der Waals surface area contributed by atoms with E-state index in [2.05, 4.69) is 6.58 Å². The van der Waals surface area contributed by atoms with Crippen LogP contribution in [0.4, 0.5) is 4.39 Å². The van der Waals surface area contributed by atoms with Crippen molar-refractivity contribution in [1.82, 2.24) is 0 Å². The number of alkyl halides is 1. The number of halogens is 1. The molecule has 4 atom stereocenters. The van der Waals surface area contributed by atoms with Gasteiger partial charge in [0.05, 0.1) is 0 Å². The molecule has 4 unspecified atom stereocenters. The highest BCUT2D eigenvalue weighted by Crippen LogP contribution is 2.51. The van der Waals surface area contributed by atoms with E-state index in [1.165, 1.54) is 6.42 Å². The molecule has 16 heavy (non-hydrogen) atoms. The van der Waals surface area contributed by atoms with Crippen molar-refractivity contribution in [1.29, 1.82) is 0 Å². The standard InChI is InChI=1S/C11H17FO3S/c1-2-11(12,16(13,14)15)7-10-6-8-3-4-9(10)5-8/h2,8-10H,1,3-7H2,(H,13,14,15). The van der Waals surface area contributed by atoms with E-state index in [4.69, 9.17) is 4.55 Å². The van der Waals surface area contributed by atoms with E-state index in [1.54, 1.807) is 0 Å². The average Bonchev–Trinajstić information content (AvgIpc) is 2.77. The van der Waals surface area contributed by atoms with Gasteiger partial charge in [0.1, 0.15) is 0 Å². The zero-order valence-corrected chi connectivity index (χ0v) is 9.92. The molecule has 0 aliphatic heterocycles. The molecule has 2 fully saturated rings. The van der Waals surface area contributed by atoms with Crippen molar-refractivity contribution in [2.24, 2.45) is 17.8 Å². The fourth-order valence-electron chi connectivity index (χ4n) is 3.28. The van der Waals surface area contributed by atoms with E-state index in [-0.39, 0.29) is 12.3 Å². The quantitative estimate of drug-likeness (QED) is 0.614. The van der Waals surface area contributed by atoms with Gasteiger partial charge < -0.3 is 0 Å². The third kappa shape index (κ3) is 1.91. The summed E-state index contributed by atoms with van der Waals surface area (Å²) in [7, 11) is -4.70. The molecule has 2 aliphatic carbocycles. The van der Waals surface area contributed by atoms with Crippen LogP contribution in [0.15, 0.2) is 12.7 Å². The molecule has 3 nitrogen and oxygen atoms in total. The van der Waals surface area contributed by atoms with Crippen LogP contribution in [-0.2, 0) is 10.1 Å². The molecule has 0 amide bonds. The molecule has 0 aromatic rings. The van der Waals surface area contributed by atoms with Crippen molar-refractivity contribution < 1.29 is 17.4 Å². The van der Waals surface area contributed by atoms with E-state index in [0.29, 0.717) is 17.9 Å². The fraction of sp³-hybridized carbons (Fsp3) is 0.818. The second-order valence-electron chi connectivity index (χ2n) is 5.10. The molecule has 1 N–H and O–H groups in total. The minimum atomic E-state index is -4.70. The molecule has 0 spiro atoms. The molecule has 2 aliphatic rings. The molecule has 2 rings (SSSR count). The molecule has 2 bridgehead atoms. The van der Waals surface area contributed by atoms with E-state index >= 15 is 0 Å². The zero-order chi connectivity index (χ0) is 12.0. The summed E-state index contributed by atoms with van der Waals surface area (Å²) in [6, 6.07) is 0. The highest BCUT2D eigenvalue weighted by Gasteiger charge is 2.48. The third-order valence-corrected chi connectivity index (χ3v) is 5.35. The number of fused-ring (bicyclic) bond motifs is 2. The Bertz CT molecular complexity index is 392. The van der Waals surface area contributed by atoms with Crippen molar-refractivity contribution in [3.63, 3.8) is 0 Å². The Kier molecular flexibility index (Phi) is 2.87. The van der Waals surface area contributed by atoms with E-state index in [1.807, 2.05) is 0 Å². The molecule has 0 aromatic heterocycles. The molecule has 0 saturated heterocycles. The molecule has 5 heteroatoms. The smallest absolute Gasteiger partial charge is 0.283 e. The largest absolute Gasteiger partial charge is 0.304 e. The second kappa shape index (κ2) is 3.81. The summed E-state index contributed by atoms with van der Waals surface area (Å²) in [5.41, 5.74) is 0. The van der Waals surface area contributed by atoms with Crippen molar-refractivity contribution in [3.05, 3.63) is 12.7 Å². The fourth-order valence-corrected chi connectivity index (χ4v) is 3.91. The molecular weight excluding hydrogens is 231 g/mol.